The van der Waals surface area contributed by atoms with Crippen LogP contribution in [0, 0.1) is 5.82 Å². The molecule has 0 N–H and O–H groups in total. The highest BCUT2D eigenvalue weighted by Gasteiger charge is 2.21. The number of hydrogen-bond acceptors (Lipinski definition) is 2. The molecule has 18 heavy (non-hydrogen) atoms. The minimum atomic E-state index is -0.346. The zero-order valence-electron chi connectivity index (χ0n) is 9.65. The zero-order valence-corrected chi connectivity index (χ0v) is 9.65. The van der Waals surface area contributed by atoms with Crippen molar-refractivity contribution in [1.82, 2.24) is 0 Å². The van der Waals surface area contributed by atoms with Gasteiger partial charge in [-0.05, 0) is 35.9 Å². The van der Waals surface area contributed by atoms with Crippen molar-refractivity contribution in [3.63, 3.8) is 0 Å². The van der Waals surface area contributed by atoms with E-state index < -0.39 is 0 Å². The van der Waals surface area contributed by atoms with Crippen LogP contribution < -0.4 is 4.74 Å². The van der Waals surface area contributed by atoms with E-state index in [1.54, 1.807) is 6.07 Å². The molecular weight excluding hydrogens is 231 g/mol. The maximum atomic E-state index is 12.8. The molecule has 3 rings (SSSR count). The van der Waals surface area contributed by atoms with Crippen molar-refractivity contribution in [2.75, 3.05) is 6.61 Å². The van der Waals surface area contributed by atoms with Crippen LogP contribution in [0.3, 0.4) is 0 Å². The predicted molar refractivity (Wildman–Crippen MR) is 65.5 cm³/mol. The van der Waals surface area contributed by atoms with Crippen molar-refractivity contribution in [2.45, 2.75) is 6.42 Å². The molecule has 0 saturated heterocycles. The number of hydrogen-bond donors (Lipinski definition) is 0. The molecule has 0 saturated carbocycles. The second-order valence-corrected chi connectivity index (χ2v) is 4.23. The fourth-order valence-corrected chi connectivity index (χ4v) is 2.15. The summed E-state index contributed by atoms with van der Waals surface area (Å²) in [6.07, 6.45) is 0.833. The number of fused-ring (bicyclic) bond motifs is 1. The Morgan fingerprint density at radius 3 is 2.67 bits per heavy atom. The molecule has 0 unspecified atom stereocenters. The monoisotopic (exact) mass is 242 g/mol. The summed E-state index contributed by atoms with van der Waals surface area (Å²) in [7, 11) is 0. The number of para-hydroxylation sites is 1. The van der Waals surface area contributed by atoms with Gasteiger partial charge in [0.25, 0.3) is 0 Å². The summed E-state index contributed by atoms with van der Waals surface area (Å²) in [6, 6.07) is 11.1. The van der Waals surface area contributed by atoms with Crippen LogP contribution in [-0.2, 0) is 6.42 Å². The van der Waals surface area contributed by atoms with Crippen LogP contribution in [0.5, 0.6) is 5.75 Å². The third kappa shape index (κ3) is 1.78. The van der Waals surface area contributed by atoms with Gasteiger partial charge in [-0.1, -0.05) is 12.1 Å². The first-order valence-corrected chi connectivity index (χ1v) is 5.80. The van der Waals surface area contributed by atoms with Crippen molar-refractivity contribution in [2.24, 2.45) is 0 Å². The average Bonchev–Trinajstić information content (AvgIpc) is 2.87. The normalized spacial score (nSPS) is 12.9. The van der Waals surface area contributed by atoms with Crippen molar-refractivity contribution in [3.8, 4) is 5.75 Å². The van der Waals surface area contributed by atoms with Crippen LogP contribution in [0.1, 0.15) is 21.5 Å². The standard InChI is InChI=1S/C15H11FO2/c16-12-6-4-10(5-7-12)14(17)13-3-1-2-11-8-9-18-15(11)13/h1-7H,8-9H2. The first-order valence-electron chi connectivity index (χ1n) is 5.80. The SMILES string of the molecule is O=C(c1ccc(F)cc1)c1cccc2c1OCC2. The molecule has 1 aliphatic rings. The quantitative estimate of drug-likeness (QED) is 0.757. The summed E-state index contributed by atoms with van der Waals surface area (Å²) < 4.78 is 18.3. The summed E-state index contributed by atoms with van der Waals surface area (Å²) in [5.41, 5.74) is 2.08. The lowest BCUT2D eigenvalue weighted by molar-refractivity contribution is 0.103. The smallest absolute Gasteiger partial charge is 0.196 e. The van der Waals surface area contributed by atoms with Gasteiger partial charge in [0.15, 0.2) is 5.78 Å². The highest BCUT2D eigenvalue weighted by atomic mass is 19.1. The van der Waals surface area contributed by atoms with Gasteiger partial charge in [0, 0.05) is 12.0 Å². The van der Waals surface area contributed by atoms with E-state index in [1.807, 2.05) is 12.1 Å². The van der Waals surface area contributed by atoms with Crippen LogP contribution in [0.4, 0.5) is 4.39 Å². The number of halogens is 1. The Kier molecular flexibility index (Phi) is 2.59. The van der Waals surface area contributed by atoms with Gasteiger partial charge in [0.05, 0.1) is 12.2 Å². The lowest BCUT2D eigenvalue weighted by Crippen LogP contribution is -2.03. The van der Waals surface area contributed by atoms with Gasteiger partial charge in [-0.15, -0.1) is 0 Å². The Balaban J connectivity index is 2.03. The minimum Gasteiger partial charge on any atom is -0.492 e. The summed E-state index contributed by atoms with van der Waals surface area (Å²) >= 11 is 0. The van der Waals surface area contributed by atoms with E-state index in [0.29, 0.717) is 23.5 Å². The minimum absolute atomic E-state index is 0.131. The van der Waals surface area contributed by atoms with Crippen LogP contribution in [0.2, 0.25) is 0 Å². The van der Waals surface area contributed by atoms with Gasteiger partial charge in [0.2, 0.25) is 0 Å². The molecule has 0 atom stereocenters. The molecule has 0 radical (unpaired) electrons. The van der Waals surface area contributed by atoms with E-state index >= 15 is 0 Å². The van der Waals surface area contributed by atoms with Crippen LogP contribution >= 0.6 is 0 Å². The van der Waals surface area contributed by atoms with Crippen molar-refractivity contribution < 1.29 is 13.9 Å². The molecule has 0 spiro atoms. The highest BCUT2D eigenvalue weighted by molar-refractivity contribution is 6.11. The molecule has 0 fully saturated rings. The molecule has 0 bridgehead atoms. The fourth-order valence-electron chi connectivity index (χ4n) is 2.15. The summed E-state index contributed by atoms with van der Waals surface area (Å²) in [4.78, 5) is 12.3. The summed E-state index contributed by atoms with van der Waals surface area (Å²) in [5.74, 6) is 0.196. The lowest BCUT2D eigenvalue weighted by Gasteiger charge is -2.07. The van der Waals surface area contributed by atoms with Gasteiger partial charge in [0.1, 0.15) is 11.6 Å². The average molecular weight is 242 g/mol. The fraction of sp³-hybridized carbons (Fsp3) is 0.133. The maximum absolute atomic E-state index is 12.8. The zero-order chi connectivity index (χ0) is 12.5. The Hall–Kier alpha value is -2.16. The first kappa shape index (κ1) is 11.0. The molecule has 1 heterocycles. The van der Waals surface area contributed by atoms with Gasteiger partial charge in [-0.3, -0.25) is 4.79 Å². The molecule has 2 aromatic carbocycles. The molecular formula is C15H11FO2. The van der Waals surface area contributed by atoms with Crippen molar-refractivity contribution >= 4 is 5.78 Å². The second kappa shape index (κ2) is 4.26. The van der Waals surface area contributed by atoms with E-state index in [-0.39, 0.29) is 11.6 Å². The number of ketones is 1. The van der Waals surface area contributed by atoms with Gasteiger partial charge in [-0.2, -0.15) is 0 Å². The van der Waals surface area contributed by atoms with Crippen molar-refractivity contribution in [1.29, 1.82) is 0 Å². The van der Waals surface area contributed by atoms with Crippen LogP contribution in [-0.4, -0.2) is 12.4 Å². The van der Waals surface area contributed by atoms with E-state index in [9.17, 15) is 9.18 Å². The second-order valence-electron chi connectivity index (χ2n) is 4.23. The molecule has 0 amide bonds. The Morgan fingerprint density at radius 1 is 1.11 bits per heavy atom. The van der Waals surface area contributed by atoms with E-state index in [4.69, 9.17) is 4.74 Å². The molecule has 0 aliphatic carbocycles. The molecule has 0 aromatic heterocycles. The Labute approximate surface area is 104 Å². The number of carbonyl (C=O) groups excluding carboxylic acids is 1. The van der Waals surface area contributed by atoms with Gasteiger partial charge in [-0.25, -0.2) is 4.39 Å². The van der Waals surface area contributed by atoms with Gasteiger partial charge < -0.3 is 4.74 Å². The van der Waals surface area contributed by atoms with E-state index in [0.717, 1.165) is 12.0 Å². The Bertz CT molecular complexity index is 602. The summed E-state index contributed by atoms with van der Waals surface area (Å²) in [6.45, 7) is 0.614. The Morgan fingerprint density at radius 2 is 1.89 bits per heavy atom. The molecule has 2 aromatic rings. The molecule has 90 valence electrons. The third-order valence-corrected chi connectivity index (χ3v) is 3.07. The number of carbonyl (C=O) groups is 1. The molecule has 3 heteroatoms. The highest BCUT2D eigenvalue weighted by Crippen LogP contribution is 2.30. The topological polar surface area (TPSA) is 26.3 Å². The van der Waals surface area contributed by atoms with Crippen LogP contribution in [0.25, 0.3) is 0 Å². The largest absolute Gasteiger partial charge is 0.492 e. The van der Waals surface area contributed by atoms with E-state index in [2.05, 4.69) is 0 Å². The lowest BCUT2D eigenvalue weighted by atomic mass is 10.00. The number of rotatable bonds is 2. The van der Waals surface area contributed by atoms with E-state index in [1.165, 1.54) is 24.3 Å². The molecule has 2 nitrogen and oxygen atoms in total. The number of ether oxygens (including phenoxy) is 1. The maximum Gasteiger partial charge on any atom is 0.196 e. The van der Waals surface area contributed by atoms with Gasteiger partial charge >= 0.3 is 0 Å². The summed E-state index contributed by atoms with van der Waals surface area (Å²) in [5, 5.41) is 0. The predicted octanol–water partition coefficient (Wildman–Crippen LogP) is 2.99. The first-order chi connectivity index (χ1) is 8.75. The van der Waals surface area contributed by atoms with Crippen LogP contribution in [0.15, 0.2) is 42.5 Å². The third-order valence-electron chi connectivity index (χ3n) is 3.07. The number of benzene rings is 2. The molecule has 1 aliphatic heterocycles. The van der Waals surface area contributed by atoms with Crippen molar-refractivity contribution in [3.05, 3.63) is 65.0 Å².